The van der Waals surface area contributed by atoms with E-state index in [-0.39, 0.29) is 16.9 Å². The molecule has 2 rings (SSSR count). The molecule has 10 heteroatoms. The maximum atomic E-state index is 12.6. The Balaban J connectivity index is 2.53. The van der Waals surface area contributed by atoms with Crippen molar-refractivity contribution in [3.63, 3.8) is 0 Å². The Bertz CT molecular complexity index is 847. The number of carbonyl (C=O) groups excluding carboxylic acids is 2. The van der Waals surface area contributed by atoms with E-state index in [1.54, 1.807) is 0 Å². The van der Waals surface area contributed by atoms with Gasteiger partial charge in [-0.15, -0.1) is 0 Å². The Labute approximate surface area is 140 Å². The van der Waals surface area contributed by atoms with Crippen LogP contribution in [0.1, 0.15) is 15.9 Å². The molecule has 0 saturated heterocycles. The average molecular weight is 345 g/mol. The topological polar surface area (TPSA) is 156 Å². The number of para-hydroxylation sites is 1. The van der Waals surface area contributed by atoms with Crippen LogP contribution in [0.25, 0.3) is 0 Å². The van der Waals surface area contributed by atoms with Crippen LogP contribution in [0.4, 0.5) is 11.4 Å². The highest BCUT2D eigenvalue weighted by atomic mass is 16.6. The maximum Gasteiger partial charge on any atom is 0.325 e. The lowest BCUT2D eigenvalue weighted by Crippen LogP contribution is -2.20. The van der Waals surface area contributed by atoms with E-state index in [9.17, 15) is 29.8 Å². The van der Waals surface area contributed by atoms with Crippen LogP contribution >= 0.6 is 0 Å². The molecule has 10 nitrogen and oxygen atoms in total. The van der Waals surface area contributed by atoms with E-state index in [0.717, 1.165) is 18.2 Å². The zero-order valence-electron chi connectivity index (χ0n) is 12.6. The van der Waals surface area contributed by atoms with Crippen LogP contribution in [0.5, 0.6) is 5.75 Å². The summed E-state index contributed by atoms with van der Waals surface area (Å²) >= 11 is 0. The van der Waals surface area contributed by atoms with Crippen molar-refractivity contribution in [3.05, 3.63) is 73.8 Å². The molecule has 0 radical (unpaired) electrons. The number of nitrogens with zero attached hydrogens (tertiary/aromatic N) is 2. The summed E-state index contributed by atoms with van der Waals surface area (Å²) in [6, 6.07) is 8.23. The normalized spacial score (nSPS) is 10.1. The van der Waals surface area contributed by atoms with Gasteiger partial charge < -0.3 is 10.5 Å². The number of hydrogen-bond donors (Lipinski definition) is 1. The van der Waals surface area contributed by atoms with Crippen molar-refractivity contribution in [1.29, 1.82) is 0 Å². The third kappa shape index (κ3) is 4.00. The number of hydrogen-bond acceptors (Lipinski definition) is 8. The summed E-state index contributed by atoms with van der Waals surface area (Å²) in [6.45, 7) is -0.412. The fourth-order valence-corrected chi connectivity index (χ4v) is 2.00. The zero-order chi connectivity index (χ0) is 18.6. The Kier molecular flexibility index (Phi) is 5.15. The molecule has 0 aliphatic carbocycles. The lowest BCUT2D eigenvalue weighted by molar-refractivity contribution is -0.394. The standard InChI is InChI=1S/C15H11N3O7/c16-8-14(19)25-13-4-2-1-3-12(13)15(20)9-5-10(17(21)22)7-11(6-9)18(23)24/h1-7H,8,16H2. The smallest absolute Gasteiger partial charge is 0.325 e. The number of nitro groups is 2. The summed E-state index contributed by atoms with van der Waals surface area (Å²) in [7, 11) is 0. The van der Waals surface area contributed by atoms with Crippen molar-refractivity contribution in [2.75, 3.05) is 6.54 Å². The minimum Gasteiger partial charge on any atom is -0.425 e. The second-order valence-electron chi connectivity index (χ2n) is 4.76. The van der Waals surface area contributed by atoms with Crippen LogP contribution in [0.3, 0.4) is 0 Å². The SMILES string of the molecule is NCC(=O)Oc1ccccc1C(=O)c1cc([N+](=O)[O-])cc([N+](=O)[O-])c1. The zero-order valence-corrected chi connectivity index (χ0v) is 12.6. The van der Waals surface area contributed by atoms with Crippen molar-refractivity contribution in [1.82, 2.24) is 0 Å². The van der Waals surface area contributed by atoms with Crippen molar-refractivity contribution in [2.24, 2.45) is 5.73 Å². The molecular weight excluding hydrogens is 334 g/mol. The molecule has 0 bridgehead atoms. The minimum absolute atomic E-state index is 0.0842. The van der Waals surface area contributed by atoms with Gasteiger partial charge >= 0.3 is 5.97 Å². The van der Waals surface area contributed by atoms with Gasteiger partial charge in [-0.25, -0.2) is 0 Å². The first kappa shape index (κ1) is 17.7. The van der Waals surface area contributed by atoms with E-state index < -0.39 is 39.5 Å². The molecule has 128 valence electrons. The van der Waals surface area contributed by atoms with Gasteiger partial charge in [-0.2, -0.15) is 0 Å². The molecule has 0 spiro atoms. The monoisotopic (exact) mass is 345 g/mol. The minimum atomic E-state index is -0.843. The molecule has 2 aromatic carbocycles. The first-order valence-corrected chi connectivity index (χ1v) is 6.82. The number of nitrogens with two attached hydrogens (primary N) is 1. The molecule has 25 heavy (non-hydrogen) atoms. The number of ether oxygens (including phenoxy) is 1. The third-order valence-corrected chi connectivity index (χ3v) is 3.11. The average Bonchev–Trinajstić information content (AvgIpc) is 2.60. The molecule has 0 heterocycles. The van der Waals surface area contributed by atoms with Gasteiger partial charge in [0.25, 0.3) is 11.4 Å². The van der Waals surface area contributed by atoms with Gasteiger partial charge in [-0.05, 0) is 12.1 Å². The highest BCUT2D eigenvalue weighted by molar-refractivity contribution is 6.11. The van der Waals surface area contributed by atoms with Gasteiger partial charge in [0.05, 0.1) is 28.0 Å². The number of esters is 1. The van der Waals surface area contributed by atoms with Gasteiger partial charge in [0.15, 0.2) is 5.78 Å². The van der Waals surface area contributed by atoms with Crippen LogP contribution in [0.15, 0.2) is 42.5 Å². The summed E-state index contributed by atoms with van der Waals surface area (Å²) in [5.41, 5.74) is 3.58. The Morgan fingerprint density at radius 2 is 1.56 bits per heavy atom. The molecule has 0 saturated carbocycles. The lowest BCUT2D eigenvalue weighted by atomic mass is 10.0. The van der Waals surface area contributed by atoms with Crippen molar-refractivity contribution in [2.45, 2.75) is 0 Å². The first-order chi connectivity index (χ1) is 11.8. The Morgan fingerprint density at radius 3 is 2.08 bits per heavy atom. The predicted molar refractivity (Wildman–Crippen MR) is 84.3 cm³/mol. The molecule has 0 aliphatic heterocycles. The fourth-order valence-electron chi connectivity index (χ4n) is 2.00. The van der Waals surface area contributed by atoms with Crippen molar-refractivity contribution < 1.29 is 24.2 Å². The number of non-ortho nitro benzene ring substituents is 2. The number of ketones is 1. The highest BCUT2D eigenvalue weighted by Crippen LogP contribution is 2.27. The molecule has 0 aliphatic rings. The summed E-state index contributed by atoms with van der Waals surface area (Å²) in [5, 5.41) is 21.9. The van der Waals surface area contributed by atoms with E-state index >= 15 is 0 Å². The number of benzene rings is 2. The number of carbonyl (C=O) groups is 2. The van der Waals surface area contributed by atoms with Crippen molar-refractivity contribution >= 4 is 23.1 Å². The van der Waals surface area contributed by atoms with Gasteiger partial charge in [-0.3, -0.25) is 29.8 Å². The van der Waals surface area contributed by atoms with E-state index in [1.807, 2.05) is 0 Å². The van der Waals surface area contributed by atoms with Crippen LogP contribution in [-0.2, 0) is 4.79 Å². The maximum absolute atomic E-state index is 12.6. The summed E-state index contributed by atoms with van der Waals surface area (Å²) in [4.78, 5) is 44.1. The van der Waals surface area contributed by atoms with Crippen LogP contribution < -0.4 is 10.5 Å². The van der Waals surface area contributed by atoms with E-state index in [0.29, 0.717) is 0 Å². The summed E-state index contributed by atoms with van der Waals surface area (Å²) < 4.78 is 4.94. The first-order valence-electron chi connectivity index (χ1n) is 6.82. The van der Waals surface area contributed by atoms with Crippen molar-refractivity contribution in [3.8, 4) is 5.75 Å². The number of nitro benzene ring substituents is 2. The molecular formula is C15H11N3O7. The summed E-state index contributed by atoms with van der Waals surface area (Å²) in [6.07, 6.45) is 0. The molecule has 0 fully saturated rings. The molecule has 0 atom stereocenters. The van der Waals surface area contributed by atoms with Gasteiger partial charge in [0, 0.05) is 17.7 Å². The molecule has 0 aromatic heterocycles. The number of rotatable bonds is 6. The second-order valence-corrected chi connectivity index (χ2v) is 4.76. The second kappa shape index (κ2) is 7.27. The Hall–Kier alpha value is -3.66. The fraction of sp³-hybridized carbons (Fsp3) is 0.0667. The summed E-state index contributed by atoms with van der Waals surface area (Å²) in [5.74, 6) is -1.66. The van der Waals surface area contributed by atoms with Gasteiger partial charge in [0.1, 0.15) is 5.75 Å². The lowest BCUT2D eigenvalue weighted by Gasteiger charge is -2.08. The predicted octanol–water partition coefficient (Wildman–Crippen LogP) is 1.60. The van der Waals surface area contributed by atoms with E-state index in [2.05, 4.69) is 0 Å². The van der Waals surface area contributed by atoms with Crippen LogP contribution in [0, 0.1) is 20.2 Å². The van der Waals surface area contributed by atoms with Gasteiger partial charge in [0.2, 0.25) is 0 Å². The van der Waals surface area contributed by atoms with Crippen LogP contribution in [0.2, 0.25) is 0 Å². The Morgan fingerprint density at radius 1 is 1.00 bits per heavy atom. The molecule has 2 N–H and O–H groups in total. The van der Waals surface area contributed by atoms with E-state index in [4.69, 9.17) is 10.5 Å². The van der Waals surface area contributed by atoms with Crippen LogP contribution in [-0.4, -0.2) is 28.1 Å². The quantitative estimate of drug-likeness (QED) is 0.272. The third-order valence-electron chi connectivity index (χ3n) is 3.11. The molecule has 0 unspecified atom stereocenters. The molecule has 2 aromatic rings. The molecule has 0 amide bonds. The van der Waals surface area contributed by atoms with E-state index in [1.165, 1.54) is 24.3 Å². The van der Waals surface area contributed by atoms with Gasteiger partial charge in [-0.1, -0.05) is 12.1 Å². The highest BCUT2D eigenvalue weighted by Gasteiger charge is 2.23. The largest absolute Gasteiger partial charge is 0.425 e.